The number of nitrogens with zero attached hydrogens (tertiary/aromatic N) is 2. The number of rotatable bonds is 6. The molecule has 2 aliphatic heterocycles. The highest BCUT2D eigenvalue weighted by molar-refractivity contribution is 6.04. The molecule has 6 heteroatoms. The number of amides is 4. The van der Waals surface area contributed by atoms with E-state index >= 15 is 0 Å². The molecule has 0 aromatic carbocycles. The second kappa shape index (κ2) is 6.24. The van der Waals surface area contributed by atoms with E-state index in [2.05, 4.69) is 5.32 Å². The van der Waals surface area contributed by atoms with Crippen LogP contribution in [0.2, 0.25) is 0 Å². The molecule has 0 bridgehead atoms. The lowest BCUT2D eigenvalue weighted by Crippen LogP contribution is -2.35. The van der Waals surface area contributed by atoms with Gasteiger partial charge in [-0.25, -0.2) is 4.79 Å². The number of urea groups is 1. The zero-order valence-electron chi connectivity index (χ0n) is 12.2. The summed E-state index contributed by atoms with van der Waals surface area (Å²) in [4.78, 5) is 38.5. The predicted octanol–water partition coefficient (Wildman–Crippen LogP) is 0.965. The molecule has 2 rings (SSSR count). The fourth-order valence-corrected chi connectivity index (χ4v) is 2.78. The molecule has 0 aromatic rings. The number of carbonyl (C=O) groups excluding carboxylic acids is 3. The monoisotopic (exact) mass is 281 g/mol. The maximum absolute atomic E-state index is 12.1. The molecule has 2 aliphatic rings. The van der Waals surface area contributed by atoms with E-state index in [1.54, 1.807) is 0 Å². The first kappa shape index (κ1) is 14.8. The Morgan fingerprint density at radius 3 is 2.60 bits per heavy atom. The summed E-state index contributed by atoms with van der Waals surface area (Å²) in [6.07, 6.45) is 2.86. The van der Waals surface area contributed by atoms with Crippen LogP contribution in [0.25, 0.3) is 0 Å². The molecule has 6 nitrogen and oxygen atoms in total. The molecule has 2 saturated heterocycles. The Morgan fingerprint density at radius 1 is 1.25 bits per heavy atom. The van der Waals surface area contributed by atoms with Gasteiger partial charge in [0.05, 0.1) is 0 Å². The number of nitrogens with one attached hydrogen (secondary N) is 1. The number of likely N-dealkylation sites (tertiary alicyclic amines) is 1. The standard InChI is InChI=1S/C14H23N3O3/c1-10(2)9-11-13(19)17(14(20)15-11)8-4-7-16-6-3-5-12(16)18/h10-11H,3-9H2,1-2H3,(H,15,20). The Hall–Kier alpha value is -1.59. The van der Waals surface area contributed by atoms with Crippen LogP contribution >= 0.6 is 0 Å². The molecule has 2 fully saturated rings. The number of hydrogen-bond acceptors (Lipinski definition) is 3. The van der Waals surface area contributed by atoms with E-state index in [4.69, 9.17) is 0 Å². The van der Waals surface area contributed by atoms with Gasteiger partial charge in [0.2, 0.25) is 5.91 Å². The lowest BCUT2D eigenvalue weighted by Gasteiger charge is -2.18. The highest BCUT2D eigenvalue weighted by atomic mass is 16.2. The second-order valence-electron chi connectivity index (χ2n) is 5.96. The van der Waals surface area contributed by atoms with E-state index in [0.717, 1.165) is 13.0 Å². The molecule has 1 atom stereocenters. The summed E-state index contributed by atoms with van der Waals surface area (Å²) in [6, 6.07) is -0.677. The van der Waals surface area contributed by atoms with Gasteiger partial charge in [0, 0.05) is 26.1 Å². The van der Waals surface area contributed by atoms with Gasteiger partial charge in [-0.2, -0.15) is 0 Å². The van der Waals surface area contributed by atoms with Crippen molar-refractivity contribution >= 4 is 17.8 Å². The fourth-order valence-electron chi connectivity index (χ4n) is 2.78. The van der Waals surface area contributed by atoms with Crippen molar-refractivity contribution in [3.8, 4) is 0 Å². The van der Waals surface area contributed by atoms with E-state index in [-0.39, 0.29) is 23.9 Å². The molecule has 0 aromatic heterocycles. The topological polar surface area (TPSA) is 69.7 Å². The van der Waals surface area contributed by atoms with Gasteiger partial charge < -0.3 is 10.2 Å². The van der Waals surface area contributed by atoms with Crippen molar-refractivity contribution in [1.29, 1.82) is 0 Å². The van der Waals surface area contributed by atoms with Crippen molar-refractivity contribution in [2.75, 3.05) is 19.6 Å². The van der Waals surface area contributed by atoms with Crippen LogP contribution in [0.15, 0.2) is 0 Å². The second-order valence-corrected chi connectivity index (χ2v) is 5.96. The van der Waals surface area contributed by atoms with Crippen LogP contribution in [0.3, 0.4) is 0 Å². The number of imide groups is 1. The van der Waals surface area contributed by atoms with E-state index in [1.807, 2.05) is 18.7 Å². The third-order valence-electron chi connectivity index (χ3n) is 3.80. The smallest absolute Gasteiger partial charge is 0.324 e. The summed E-state index contributed by atoms with van der Waals surface area (Å²) in [5, 5.41) is 2.73. The average molecular weight is 281 g/mol. The van der Waals surface area contributed by atoms with E-state index in [9.17, 15) is 14.4 Å². The van der Waals surface area contributed by atoms with Crippen molar-refractivity contribution in [2.45, 2.75) is 45.6 Å². The quantitative estimate of drug-likeness (QED) is 0.737. The maximum atomic E-state index is 12.1. The Morgan fingerprint density at radius 2 is 2.00 bits per heavy atom. The minimum absolute atomic E-state index is 0.128. The Bertz CT molecular complexity index is 408. The average Bonchev–Trinajstić information content (AvgIpc) is 2.88. The van der Waals surface area contributed by atoms with Crippen molar-refractivity contribution in [2.24, 2.45) is 5.92 Å². The molecular formula is C14H23N3O3. The first-order chi connectivity index (χ1) is 9.49. The third-order valence-corrected chi connectivity index (χ3v) is 3.80. The normalized spacial score (nSPS) is 23.1. The summed E-state index contributed by atoms with van der Waals surface area (Å²) in [5.74, 6) is 0.419. The molecule has 1 unspecified atom stereocenters. The third kappa shape index (κ3) is 3.29. The number of carbonyl (C=O) groups is 3. The minimum atomic E-state index is -0.379. The summed E-state index contributed by atoms with van der Waals surface area (Å²) >= 11 is 0. The van der Waals surface area contributed by atoms with Crippen LogP contribution < -0.4 is 5.32 Å². The van der Waals surface area contributed by atoms with Crippen molar-refractivity contribution in [1.82, 2.24) is 15.1 Å². The molecule has 4 amide bonds. The van der Waals surface area contributed by atoms with Gasteiger partial charge >= 0.3 is 6.03 Å². The van der Waals surface area contributed by atoms with E-state index in [1.165, 1.54) is 4.90 Å². The molecule has 0 radical (unpaired) electrons. The van der Waals surface area contributed by atoms with Gasteiger partial charge in [-0.05, 0) is 25.2 Å². The molecule has 0 spiro atoms. The van der Waals surface area contributed by atoms with Crippen LogP contribution in [-0.4, -0.2) is 53.3 Å². The van der Waals surface area contributed by atoms with Crippen LogP contribution in [0, 0.1) is 5.92 Å². The van der Waals surface area contributed by atoms with Crippen LogP contribution in [-0.2, 0) is 9.59 Å². The van der Waals surface area contributed by atoms with Gasteiger partial charge in [0.25, 0.3) is 5.91 Å². The first-order valence-electron chi connectivity index (χ1n) is 7.38. The van der Waals surface area contributed by atoms with Gasteiger partial charge in [-0.15, -0.1) is 0 Å². The Labute approximate surface area is 119 Å². The van der Waals surface area contributed by atoms with E-state index < -0.39 is 0 Å². The van der Waals surface area contributed by atoms with Crippen molar-refractivity contribution < 1.29 is 14.4 Å². The van der Waals surface area contributed by atoms with Crippen LogP contribution in [0.1, 0.15) is 39.5 Å². The lowest BCUT2D eigenvalue weighted by molar-refractivity contribution is -0.128. The molecular weight excluding hydrogens is 258 g/mol. The zero-order chi connectivity index (χ0) is 14.7. The molecule has 112 valence electrons. The molecule has 0 saturated carbocycles. The maximum Gasteiger partial charge on any atom is 0.324 e. The Kier molecular flexibility index (Phi) is 4.62. The summed E-state index contributed by atoms with van der Waals surface area (Å²) < 4.78 is 0. The fraction of sp³-hybridized carbons (Fsp3) is 0.786. The molecule has 0 aliphatic carbocycles. The van der Waals surface area contributed by atoms with Gasteiger partial charge in [0.1, 0.15) is 6.04 Å². The molecule has 20 heavy (non-hydrogen) atoms. The van der Waals surface area contributed by atoms with Gasteiger partial charge in [-0.1, -0.05) is 13.8 Å². The van der Waals surface area contributed by atoms with Crippen molar-refractivity contribution in [3.05, 3.63) is 0 Å². The zero-order valence-corrected chi connectivity index (χ0v) is 12.2. The molecule has 2 heterocycles. The van der Waals surface area contributed by atoms with Crippen LogP contribution in [0.5, 0.6) is 0 Å². The summed E-state index contributed by atoms with van der Waals surface area (Å²) in [7, 11) is 0. The number of hydrogen-bond donors (Lipinski definition) is 1. The highest BCUT2D eigenvalue weighted by Crippen LogP contribution is 2.15. The SMILES string of the molecule is CC(C)CC1NC(=O)N(CCCN2CCCC2=O)C1=O. The highest BCUT2D eigenvalue weighted by Gasteiger charge is 2.37. The van der Waals surface area contributed by atoms with Crippen LogP contribution in [0.4, 0.5) is 4.79 Å². The van der Waals surface area contributed by atoms with Crippen molar-refractivity contribution in [3.63, 3.8) is 0 Å². The van der Waals surface area contributed by atoms with E-state index in [0.29, 0.717) is 38.3 Å². The lowest BCUT2D eigenvalue weighted by atomic mass is 10.0. The first-order valence-corrected chi connectivity index (χ1v) is 7.38. The minimum Gasteiger partial charge on any atom is -0.343 e. The van der Waals surface area contributed by atoms with Gasteiger partial charge in [-0.3, -0.25) is 14.5 Å². The predicted molar refractivity (Wildman–Crippen MR) is 73.9 cm³/mol. The summed E-state index contributed by atoms with van der Waals surface area (Å²) in [6.45, 7) is 5.88. The summed E-state index contributed by atoms with van der Waals surface area (Å²) in [5.41, 5.74) is 0. The largest absolute Gasteiger partial charge is 0.343 e. The molecule has 1 N–H and O–H groups in total. The Balaban J connectivity index is 1.79. The van der Waals surface area contributed by atoms with Gasteiger partial charge in [0.15, 0.2) is 0 Å².